The summed E-state index contributed by atoms with van der Waals surface area (Å²) in [4.78, 5) is 14.7. The Kier molecular flexibility index (Phi) is 4.93. The molecule has 1 saturated heterocycles. The fraction of sp³-hybridized carbons (Fsp3) is 0.353. The average molecular weight is 332 g/mol. The lowest BCUT2D eigenvalue weighted by molar-refractivity contribution is 0.0593. The predicted octanol–water partition coefficient (Wildman–Crippen LogP) is 2.80. The lowest BCUT2D eigenvalue weighted by Gasteiger charge is -2.36. The number of nitrogens with one attached hydrogen (secondary N) is 1. The van der Waals surface area contributed by atoms with E-state index in [4.69, 9.17) is 9.15 Å². The summed E-state index contributed by atoms with van der Waals surface area (Å²) >= 11 is 1.49. The van der Waals surface area contributed by atoms with Crippen LogP contribution < -0.4 is 10.1 Å². The Morgan fingerprint density at radius 1 is 1.35 bits per heavy atom. The van der Waals surface area contributed by atoms with Crippen molar-refractivity contribution in [2.24, 2.45) is 0 Å². The first-order chi connectivity index (χ1) is 11.2. The van der Waals surface area contributed by atoms with Crippen LogP contribution in [-0.4, -0.2) is 43.8 Å². The van der Waals surface area contributed by atoms with Gasteiger partial charge in [-0.15, -0.1) is 0 Å². The third-order valence-electron chi connectivity index (χ3n) is 4.00. The maximum atomic E-state index is 12.9. The van der Waals surface area contributed by atoms with Crippen LogP contribution in [0.5, 0.6) is 5.75 Å². The fourth-order valence-electron chi connectivity index (χ4n) is 2.85. The Labute approximate surface area is 140 Å². The molecule has 6 heteroatoms. The molecule has 1 aromatic heterocycles. The highest BCUT2D eigenvalue weighted by Gasteiger charge is 2.31. The molecule has 5 nitrogen and oxygen atoms in total. The van der Waals surface area contributed by atoms with Crippen molar-refractivity contribution >= 4 is 17.7 Å². The van der Waals surface area contributed by atoms with E-state index in [0.29, 0.717) is 18.8 Å². The number of amides is 1. The van der Waals surface area contributed by atoms with Crippen molar-refractivity contribution in [1.29, 1.82) is 0 Å². The molecule has 0 aliphatic carbocycles. The highest BCUT2D eigenvalue weighted by Crippen LogP contribution is 2.31. The molecule has 0 saturated carbocycles. The molecule has 0 radical (unpaired) electrons. The fourth-order valence-corrected chi connectivity index (χ4v) is 3.23. The van der Waals surface area contributed by atoms with E-state index in [2.05, 4.69) is 5.32 Å². The number of hydrogen-bond acceptors (Lipinski definition) is 5. The van der Waals surface area contributed by atoms with Crippen molar-refractivity contribution in [2.75, 3.05) is 33.0 Å². The zero-order chi connectivity index (χ0) is 16.2. The van der Waals surface area contributed by atoms with E-state index in [-0.39, 0.29) is 11.9 Å². The SMILES string of the molecule is COc1ccccc1C1CNCCN1C(=O)c1ccc(SC)o1. The molecule has 0 bridgehead atoms. The zero-order valence-corrected chi connectivity index (χ0v) is 14.1. The van der Waals surface area contributed by atoms with Gasteiger partial charge in [-0.05, 0) is 24.5 Å². The van der Waals surface area contributed by atoms with Gasteiger partial charge in [-0.1, -0.05) is 30.0 Å². The maximum absolute atomic E-state index is 12.9. The summed E-state index contributed by atoms with van der Waals surface area (Å²) in [7, 11) is 1.65. The quantitative estimate of drug-likeness (QED) is 0.873. The second-order valence-electron chi connectivity index (χ2n) is 5.28. The minimum Gasteiger partial charge on any atom is -0.496 e. The normalized spacial score (nSPS) is 18.0. The van der Waals surface area contributed by atoms with E-state index in [1.165, 1.54) is 11.8 Å². The van der Waals surface area contributed by atoms with E-state index < -0.39 is 0 Å². The van der Waals surface area contributed by atoms with Crippen LogP contribution in [0.15, 0.2) is 45.9 Å². The molecular formula is C17H20N2O3S. The molecule has 1 aliphatic heterocycles. The zero-order valence-electron chi connectivity index (χ0n) is 13.2. The summed E-state index contributed by atoms with van der Waals surface area (Å²) in [6.45, 7) is 2.10. The summed E-state index contributed by atoms with van der Waals surface area (Å²) < 4.78 is 11.1. The average Bonchev–Trinajstić information content (AvgIpc) is 3.10. The Bertz CT molecular complexity index is 686. The van der Waals surface area contributed by atoms with Gasteiger partial charge in [0, 0.05) is 25.2 Å². The molecule has 1 aliphatic rings. The molecular weight excluding hydrogens is 312 g/mol. The lowest BCUT2D eigenvalue weighted by Crippen LogP contribution is -2.48. The van der Waals surface area contributed by atoms with Crippen molar-refractivity contribution < 1.29 is 13.9 Å². The topological polar surface area (TPSA) is 54.7 Å². The van der Waals surface area contributed by atoms with Gasteiger partial charge in [-0.25, -0.2) is 0 Å². The summed E-state index contributed by atoms with van der Waals surface area (Å²) in [5.74, 6) is 1.10. The van der Waals surface area contributed by atoms with Crippen molar-refractivity contribution in [3.63, 3.8) is 0 Å². The highest BCUT2D eigenvalue weighted by molar-refractivity contribution is 7.98. The first-order valence-corrected chi connectivity index (χ1v) is 8.75. The predicted molar refractivity (Wildman–Crippen MR) is 90.1 cm³/mol. The van der Waals surface area contributed by atoms with Crippen molar-refractivity contribution in [2.45, 2.75) is 11.1 Å². The van der Waals surface area contributed by atoms with E-state index in [1.807, 2.05) is 41.5 Å². The number of para-hydroxylation sites is 1. The summed E-state index contributed by atoms with van der Waals surface area (Å²) in [6, 6.07) is 11.3. The third kappa shape index (κ3) is 3.23. The minimum absolute atomic E-state index is 0.0739. The number of ether oxygens (including phenoxy) is 1. The van der Waals surface area contributed by atoms with Gasteiger partial charge in [0.05, 0.1) is 13.2 Å². The van der Waals surface area contributed by atoms with Crippen LogP contribution in [-0.2, 0) is 0 Å². The van der Waals surface area contributed by atoms with E-state index >= 15 is 0 Å². The van der Waals surface area contributed by atoms with Gasteiger partial charge in [0.15, 0.2) is 10.9 Å². The molecule has 1 unspecified atom stereocenters. The second-order valence-corrected chi connectivity index (χ2v) is 6.09. The Hall–Kier alpha value is -1.92. The van der Waals surface area contributed by atoms with Crippen LogP contribution in [0.3, 0.4) is 0 Å². The van der Waals surface area contributed by atoms with Gasteiger partial charge < -0.3 is 19.4 Å². The van der Waals surface area contributed by atoms with Gasteiger partial charge >= 0.3 is 0 Å². The molecule has 1 aromatic carbocycles. The maximum Gasteiger partial charge on any atom is 0.290 e. The number of furan rings is 1. The number of carbonyl (C=O) groups is 1. The summed E-state index contributed by atoms with van der Waals surface area (Å²) in [6.07, 6.45) is 1.93. The monoisotopic (exact) mass is 332 g/mol. The summed E-state index contributed by atoms with van der Waals surface area (Å²) in [5, 5.41) is 4.10. The Morgan fingerprint density at radius 3 is 2.91 bits per heavy atom. The van der Waals surface area contributed by atoms with E-state index in [0.717, 1.165) is 22.9 Å². The molecule has 23 heavy (non-hydrogen) atoms. The van der Waals surface area contributed by atoms with Gasteiger partial charge in [-0.2, -0.15) is 0 Å². The van der Waals surface area contributed by atoms with E-state index in [1.54, 1.807) is 13.2 Å². The van der Waals surface area contributed by atoms with Crippen LogP contribution in [0.4, 0.5) is 0 Å². The molecule has 0 spiro atoms. The molecule has 1 N–H and O–H groups in total. The molecule has 1 atom stereocenters. The number of benzene rings is 1. The first-order valence-electron chi connectivity index (χ1n) is 7.53. The lowest BCUT2D eigenvalue weighted by atomic mass is 10.0. The molecule has 2 heterocycles. The first kappa shape index (κ1) is 16.0. The minimum atomic E-state index is -0.0808. The van der Waals surface area contributed by atoms with Crippen molar-refractivity contribution in [3.05, 3.63) is 47.7 Å². The standard InChI is InChI=1S/C17H20N2O3S/c1-21-14-6-4-3-5-12(14)13-11-18-9-10-19(13)17(20)15-7-8-16(22-15)23-2/h3-8,13,18H,9-11H2,1-2H3. The van der Waals surface area contributed by atoms with Gasteiger partial charge in [0.2, 0.25) is 0 Å². The van der Waals surface area contributed by atoms with Crippen LogP contribution in [0.25, 0.3) is 0 Å². The van der Waals surface area contributed by atoms with E-state index in [9.17, 15) is 4.79 Å². The smallest absolute Gasteiger partial charge is 0.290 e. The van der Waals surface area contributed by atoms with Crippen LogP contribution >= 0.6 is 11.8 Å². The van der Waals surface area contributed by atoms with Gasteiger partial charge in [0.1, 0.15) is 5.75 Å². The third-order valence-corrected chi connectivity index (χ3v) is 4.62. The number of thioether (sulfide) groups is 1. The number of carbonyl (C=O) groups excluding carboxylic acids is 1. The number of methoxy groups -OCH3 is 1. The Balaban J connectivity index is 1.90. The molecule has 1 fully saturated rings. The number of piperazine rings is 1. The Morgan fingerprint density at radius 2 is 2.17 bits per heavy atom. The number of rotatable bonds is 4. The van der Waals surface area contributed by atoms with Crippen molar-refractivity contribution in [1.82, 2.24) is 10.2 Å². The molecule has 122 valence electrons. The largest absolute Gasteiger partial charge is 0.496 e. The van der Waals surface area contributed by atoms with Gasteiger partial charge in [-0.3, -0.25) is 4.79 Å². The van der Waals surface area contributed by atoms with Crippen LogP contribution in [0, 0.1) is 0 Å². The highest BCUT2D eigenvalue weighted by atomic mass is 32.2. The molecule has 3 rings (SSSR count). The van der Waals surface area contributed by atoms with Gasteiger partial charge in [0.25, 0.3) is 5.91 Å². The molecule has 2 aromatic rings. The second kappa shape index (κ2) is 7.10. The van der Waals surface area contributed by atoms with Crippen LogP contribution in [0.1, 0.15) is 22.2 Å². The number of hydrogen-bond donors (Lipinski definition) is 1. The molecule has 1 amide bonds. The van der Waals surface area contributed by atoms with Crippen LogP contribution in [0.2, 0.25) is 0 Å². The number of nitrogens with zero attached hydrogens (tertiary/aromatic N) is 1. The summed E-state index contributed by atoms with van der Waals surface area (Å²) in [5.41, 5.74) is 1.01. The van der Waals surface area contributed by atoms with Crippen molar-refractivity contribution in [3.8, 4) is 5.75 Å².